The predicted molar refractivity (Wildman–Crippen MR) is 101 cm³/mol. The van der Waals surface area contributed by atoms with Crippen LogP contribution in [0.25, 0.3) is 0 Å². The molecule has 1 unspecified atom stereocenters. The van der Waals surface area contributed by atoms with Gasteiger partial charge in [-0.05, 0) is 35.7 Å². The second-order valence-corrected chi connectivity index (χ2v) is 6.60. The Kier molecular flexibility index (Phi) is 5.54. The molecule has 1 heterocycles. The number of nitrogens with one attached hydrogen (secondary N) is 1. The van der Waals surface area contributed by atoms with Crippen molar-refractivity contribution in [1.29, 1.82) is 0 Å². The molecule has 2 amide bonds. The number of rotatable bonds is 5. The van der Waals surface area contributed by atoms with Gasteiger partial charge in [0.15, 0.2) is 0 Å². The number of carbonyl (C=O) groups excluding carboxylic acids is 2. The molecule has 140 valence electrons. The summed E-state index contributed by atoms with van der Waals surface area (Å²) in [5.74, 6) is -1.66. The summed E-state index contributed by atoms with van der Waals surface area (Å²) in [7, 11) is 0. The van der Waals surface area contributed by atoms with E-state index >= 15 is 0 Å². The van der Waals surface area contributed by atoms with Gasteiger partial charge in [-0.2, -0.15) is 0 Å². The zero-order valence-electron chi connectivity index (χ0n) is 15.1. The summed E-state index contributed by atoms with van der Waals surface area (Å²) in [5, 5.41) is 12.4. The van der Waals surface area contributed by atoms with Crippen LogP contribution in [-0.2, 0) is 17.8 Å². The normalized spacial score (nSPS) is 15.7. The van der Waals surface area contributed by atoms with Gasteiger partial charge >= 0.3 is 5.97 Å². The van der Waals surface area contributed by atoms with Crippen molar-refractivity contribution < 1.29 is 19.5 Å². The van der Waals surface area contributed by atoms with Gasteiger partial charge in [-0.15, -0.1) is 0 Å². The van der Waals surface area contributed by atoms with E-state index in [-0.39, 0.29) is 24.8 Å². The summed E-state index contributed by atoms with van der Waals surface area (Å²) >= 11 is 0. The first-order valence-corrected chi connectivity index (χ1v) is 9.00. The van der Waals surface area contributed by atoms with E-state index in [0.29, 0.717) is 17.7 Å². The molecule has 0 fully saturated rings. The molecule has 27 heavy (non-hydrogen) atoms. The zero-order valence-corrected chi connectivity index (χ0v) is 15.1. The Morgan fingerprint density at radius 2 is 1.78 bits per heavy atom. The van der Waals surface area contributed by atoms with E-state index in [1.165, 1.54) is 11.0 Å². The lowest BCUT2D eigenvalue weighted by Gasteiger charge is -2.34. The maximum absolute atomic E-state index is 13.0. The van der Waals surface area contributed by atoms with Crippen LogP contribution in [0.3, 0.4) is 0 Å². The molecular formula is C21H22N2O4. The first-order chi connectivity index (χ1) is 13.0. The Bertz CT molecular complexity index is 878. The van der Waals surface area contributed by atoms with Crippen LogP contribution in [0, 0.1) is 0 Å². The Morgan fingerprint density at radius 1 is 1.07 bits per heavy atom. The molecule has 0 spiro atoms. The molecule has 2 N–H and O–H groups in total. The standard InChI is InChI=1S/C21H22N2O4/c1-2-10-22-19(24)15-8-5-9-16(11-15)20(25)23-13-17-7-4-3-6-14(17)12-18(23)21(26)27/h3-9,11,18H,2,10,12-13H2,1H3,(H,22,24)(H,26,27). The van der Waals surface area contributed by atoms with E-state index in [9.17, 15) is 19.5 Å². The molecule has 0 radical (unpaired) electrons. The van der Waals surface area contributed by atoms with Crippen molar-refractivity contribution in [2.24, 2.45) is 0 Å². The van der Waals surface area contributed by atoms with E-state index in [2.05, 4.69) is 5.32 Å². The topological polar surface area (TPSA) is 86.7 Å². The van der Waals surface area contributed by atoms with Gasteiger partial charge < -0.3 is 15.3 Å². The van der Waals surface area contributed by atoms with Crippen molar-refractivity contribution in [1.82, 2.24) is 10.2 Å². The van der Waals surface area contributed by atoms with E-state index in [4.69, 9.17) is 0 Å². The number of carboxylic acids is 1. The van der Waals surface area contributed by atoms with Gasteiger partial charge in [-0.1, -0.05) is 37.3 Å². The number of nitrogens with zero attached hydrogens (tertiary/aromatic N) is 1. The summed E-state index contributed by atoms with van der Waals surface area (Å²) < 4.78 is 0. The van der Waals surface area contributed by atoms with Gasteiger partial charge in [0.1, 0.15) is 6.04 Å². The summed E-state index contributed by atoms with van der Waals surface area (Å²) in [6, 6.07) is 13.0. The monoisotopic (exact) mass is 366 g/mol. The largest absolute Gasteiger partial charge is 0.480 e. The van der Waals surface area contributed by atoms with Crippen molar-refractivity contribution in [3.8, 4) is 0 Å². The van der Waals surface area contributed by atoms with Gasteiger partial charge in [0, 0.05) is 30.6 Å². The fourth-order valence-electron chi connectivity index (χ4n) is 3.26. The van der Waals surface area contributed by atoms with Crippen molar-refractivity contribution in [3.05, 3.63) is 70.8 Å². The second kappa shape index (κ2) is 8.03. The lowest BCUT2D eigenvalue weighted by Crippen LogP contribution is -2.48. The fourth-order valence-corrected chi connectivity index (χ4v) is 3.26. The Balaban J connectivity index is 1.88. The first kappa shape index (κ1) is 18.6. The molecule has 2 aromatic rings. The maximum atomic E-state index is 13.0. The average molecular weight is 366 g/mol. The molecule has 6 nitrogen and oxygen atoms in total. The maximum Gasteiger partial charge on any atom is 0.326 e. The van der Waals surface area contributed by atoms with E-state index in [0.717, 1.165) is 17.5 Å². The SMILES string of the molecule is CCCNC(=O)c1cccc(C(=O)N2Cc3ccccc3CC2C(=O)O)c1. The number of hydrogen-bond donors (Lipinski definition) is 2. The molecule has 6 heteroatoms. The van der Waals surface area contributed by atoms with Crippen LogP contribution in [0.5, 0.6) is 0 Å². The number of aliphatic carboxylic acids is 1. The van der Waals surface area contributed by atoms with Crippen LogP contribution in [0.4, 0.5) is 0 Å². The number of carbonyl (C=O) groups is 3. The number of hydrogen-bond acceptors (Lipinski definition) is 3. The van der Waals surface area contributed by atoms with Crippen LogP contribution >= 0.6 is 0 Å². The van der Waals surface area contributed by atoms with Gasteiger partial charge in [0.05, 0.1) is 0 Å². The predicted octanol–water partition coefficient (Wildman–Crippen LogP) is 2.48. The van der Waals surface area contributed by atoms with Crippen LogP contribution in [0.15, 0.2) is 48.5 Å². The Morgan fingerprint density at radius 3 is 2.48 bits per heavy atom. The van der Waals surface area contributed by atoms with E-state index in [1.807, 2.05) is 31.2 Å². The summed E-state index contributed by atoms with van der Waals surface area (Å²) in [6.45, 7) is 2.75. The van der Waals surface area contributed by atoms with Crippen molar-refractivity contribution in [2.45, 2.75) is 32.4 Å². The van der Waals surface area contributed by atoms with Crippen LogP contribution in [-0.4, -0.2) is 40.4 Å². The van der Waals surface area contributed by atoms with Gasteiger partial charge in [-0.3, -0.25) is 9.59 Å². The first-order valence-electron chi connectivity index (χ1n) is 9.00. The van der Waals surface area contributed by atoms with Gasteiger partial charge in [0.2, 0.25) is 0 Å². The lowest BCUT2D eigenvalue weighted by atomic mass is 9.93. The molecule has 1 atom stereocenters. The minimum absolute atomic E-state index is 0.234. The van der Waals surface area contributed by atoms with Crippen LogP contribution in [0.2, 0.25) is 0 Å². The van der Waals surface area contributed by atoms with E-state index in [1.54, 1.807) is 18.2 Å². The minimum Gasteiger partial charge on any atom is -0.480 e. The Labute approximate surface area is 157 Å². The smallest absolute Gasteiger partial charge is 0.326 e. The molecule has 2 aromatic carbocycles. The Hall–Kier alpha value is -3.15. The van der Waals surface area contributed by atoms with Crippen LogP contribution in [0.1, 0.15) is 45.2 Å². The third-order valence-corrected chi connectivity index (χ3v) is 4.70. The molecule has 0 aliphatic carbocycles. The summed E-state index contributed by atoms with van der Waals surface area (Å²) in [4.78, 5) is 38.3. The molecule has 0 aromatic heterocycles. The van der Waals surface area contributed by atoms with E-state index < -0.39 is 12.0 Å². The molecule has 0 saturated carbocycles. The minimum atomic E-state index is -1.03. The molecule has 0 saturated heterocycles. The van der Waals surface area contributed by atoms with Crippen molar-refractivity contribution >= 4 is 17.8 Å². The summed E-state index contributed by atoms with van der Waals surface area (Å²) in [6.07, 6.45) is 1.09. The number of carboxylic acid groups (broad SMARTS) is 1. The third-order valence-electron chi connectivity index (χ3n) is 4.70. The highest BCUT2D eigenvalue weighted by Gasteiger charge is 2.35. The quantitative estimate of drug-likeness (QED) is 0.851. The molecule has 0 bridgehead atoms. The highest BCUT2D eigenvalue weighted by atomic mass is 16.4. The van der Waals surface area contributed by atoms with Gasteiger partial charge in [-0.25, -0.2) is 4.79 Å². The molecule has 3 rings (SSSR count). The van der Waals surface area contributed by atoms with Crippen molar-refractivity contribution in [3.63, 3.8) is 0 Å². The highest BCUT2D eigenvalue weighted by Crippen LogP contribution is 2.25. The number of benzene rings is 2. The molecule has 1 aliphatic heterocycles. The summed E-state index contributed by atoms with van der Waals surface area (Å²) in [5.41, 5.74) is 2.59. The average Bonchev–Trinajstić information content (AvgIpc) is 2.70. The molecular weight excluding hydrogens is 344 g/mol. The van der Waals surface area contributed by atoms with Gasteiger partial charge in [0.25, 0.3) is 11.8 Å². The zero-order chi connectivity index (χ0) is 19.4. The highest BCUT2D eigenvalue weighted by molar-refractivity contribution is 6.01. The fraction of sp³-hybridized carbons (Fsp3) is 0.286. The number of fused-ring (bicyclic) bond motifs is 1. The molecule has 1 aliphatic rings. The third kappa shape index (κ3) is 4.00. The lowest BCUT2D eigenvalue weighted by molar-refractivity contribution is -0.142. The van der Waals surface area contributed by atoms with Crippen LogP contribution < -0.4 is 5.32 Å². The second-order valence-electron chi connectivity index (χ2n) is 6.60. The number of amides is 2. The van der Waals surface area contributed by atoms with Crippen molar-refractivity contribution in [2.75, 3.05) is 6.54 Å².